The van der Waals surface area contributed by atoms with Gasteiger partial charge in [0.15, 0.2) is 0 Å². The Morgan fingerprint density at radius 2 is 1.87 bits per heavy atom. The summed E-state index contributed by atoms with van der Waals surface area (Å²) in [4.78, 5) is 42.4. The van der Waals surface area contributed by atoms with Crippen LogP contribution in [0.3, 0.4) is 0 Å². The molecule has 3 aromatic rings. The van der Waals surface area contributed by atoms with Crippen LogP contribution in [-0.4, -0.2) is 54.2 Å². The normalized spacial score (nSPS) is 14.0. The minimum Gasteiger partial charge on any atom is -0.493 e. The van der Waals surface area contributed by atoms with Crippen molar-refractivity contribution in [3.8, 4) is 16.9 Å². The minimum absolute atomic E-state index is 0.0628. The van der Waals surface area contributed by atoms with E-state index < -0.39 is 18.1 Å². The van der Waals surface area contributed by atoms with E-state index in [0.717, 1.165) is 78.0 Å². The number of allylic oxidation sites excluding steroid dienone is 2. The number of amides is 1. The first-order valence-electron chi connectivity index (χ1n) is 16.7. The maximum absolute atomic E-state index is 14.1. The number of carbonyl (C=O) groups is 2. The van der Waals surface area contributed by atoms with E-state index in [4.69, 9.17) is 9.47 Å². The number of unbranched alkanes of at least 4 members (excludes halogenated alkanes) is 1. The van der Waals surface area contributed by atoms with Gasteiger partial charge in [-0.25, -0.2) is 0 Å². The smallest absolute Gasteiger partial charge is 0.308 e. The minimum atomic E-state index is -0.829. The summed E-state index contributed by atoms with van der Waals surface area (Å²) in [5.74, 6) is -0.0178. The highest BCUT2D eigenvalue weighted by Crippen LogP contribution is 2.36. The largest absolute Gasteiger partial charge is 0.493 e. The van der Waals surface area contributed by atoms with Crippen molar-refractivity contribution in [3.63, 3.8) is 0 Å². The predicted molar refractivity (Wildman–Crippen MR) is 188 cm³/mol. The third kappa shape index (κ3) is 9.78. The van der Waals surface area contributed by atoms with Gasteiger partial charge in [-0.05, 0) is 100 Å². The monoisotopic (exact) mass is 639 g/mol. The zero-order valence-electron chi connectivity index (χ0n) is 28.1. The molecule has 1 amide bonds. The van der Waals surface area contributed by atoms with E-state index in [9.17, 15) is 14.4 Å². The van der Waals surface area contributed by atoms with Gasteiger partial charge in [0.1, 0.15) is 11.8 Å². The number of aryl methyl sites for hydroxylation is 2. The van der Waals surface area contributed by atoms with Crippen molar-refractivity contribution in [2.45, 2.75) is 71.4 Å². The molecule has 250 valence electrons. The van der Waals surface area contributed by atoms with Crippen LogP contribution in [0.15, 0.2) is 84.8 Å². The fourth-order valence-corrected chi connectivity index (χ4v) is 5.94. The molecule has 1 N–H and O–H groups in total. The van der Waals surface area contributed by atoms with Crippen LogP contribution in [0.4, 0.5) is 0 Å². The number of aromatic nitrogens is 1. The van der Waals surface area contributed by atoms with Crippen molar-refractivity contribution >= 4 is 11.9 Å². The number of carbonyl (C=O) groups excluding carboxylic acids is 2. The van der Waals surface area contributed by atoms with Crippen LogP contribution in [-0.2, 0) is 20.7 Å². The van der Waals surface area contributed by atoms with Gasteiger partial charge in [-0.15, -0.1) is 13.2 Å². The Kier molecular flexibility index (Phi) is 13.2. The summed E-state index contributed by atoms with van der Waals surface area (Å²) in [7, 11) is 0. The van der Waals surface area contributed by atoms with Crippen LogP contribution in [0.1, 0.15) is 73.4 Å². The lowest BCUT2D eigenvalue weighted by atomic mass is 9.92. The zero-order chi connectivity index (χ0) is 33.8. The maximum atomic E-state index is 14.1. The van der Waals surface area contributed by atoms with Crippen LogP contribution < -0.4 is 15.6 Å². The van der Waals surface area contributed by atoms with Crippen LogP contribution in [0, 0.1) is 13.8 Å². The first-order valence-corrected chi connectivity index (χ1v) is 16.7. The topological polar surface area (TPSA) is 89.9 Å². The molecule has 4 rings (SSSR count). The van der Waals surface area contributed by atoms with E-state index in [1.807, 2.05) is 56.3 Å². The third-order valence-corrected chi connectivity index (χ3v) is 8.52. The van der Waals surface area contributed by atoms with Crippen LogP contribution >= 0.6 is 0 Å². The number of ether oxygens (including phenoxy) is 2. The van der Waals surface area contributed by atoms with Crippen LogP contribution in [0.5, 0.6) is 5.75 Å². The Morgan fingerprint density at radius 1 is 1.06 bits per heavy atom. The van der Waals surface area contributed by atoms with Gasteiger partial charge in [0.05, 0.1) is 25.7 Å². The molecule has 1 aliphatic heterocycles. The lowest BCUT2D eigenvalue weighted by Gasteiger charge is -2.30. The Labute approximate surface area is 279 Å². The highest BCUT2D eigenvalue weighted by atomic mass is 16.5. The molecule has 1 saturated heterocycles. The highest BCUT2D eigenvalue weighted by molar-refractivity contribution is 5.82. The average Bonchev–Trinajstić information content (AvgIpc) is 3.01. The second-order valence-electron chi connectivity index (χ2n) is 12.2. The summed E-state index contributed by atoms with van der Waals surface area (Å²) in [6, 6.07) is 13.9. The summed E-state index contributed by atoms with van der Waals surface area (Å²) in [5, 5.41) is 3.11. The van der Waals surface area contributed by atoms with Gasteiger partial charge in [-0.2, -0.15) is 0 Å². The Hall–Kier alpha value is -4.43. The molecule has 0 bridgehead atoms. The van der Waals surface area contributed by atoms with Gasteiger partial charge >= 0.3 is 5.97 Å². The number of nitrogens with zero attached hydrogens (tertiary/aromatic N) is 2. The lowest BCUT2D eigenvalue weighted by Crippen LogP contribution is -2.40. The SMILES string of the molecule is C=CCCCOc1cccc(C)c1-c1cc(C)cc([C@H](CC(=O)OCC)NC(=O)[C@H](CC=C)n2cc(CCN3CCC3)ccc2=O)c1. The quantitative estimate of drug-likeness (QED) is 0.0952. The van der Waals surface area contributed by atoms with E-state index in [1.165, 1.54) is 17.1 Å². The van der Waals surface area contributed by atoms with Crippen LogP contribution in [0.25, 0.3) is 11.1 Å². The highest BCUT2D eigenvalue weighted by Gasteiger charge is 2.27. The number of hydrogen-bond acceptors (Lipinski definition) is 6. The molecule has 2 heterocycles. The van der Waals surface area contributed by atoms with Gasteiger partial charge in [0.25, 0.3) is 5.56 Å². The maximum Gasteiger partial charge on any atom is 0.308 e. The van der Waals surface area contributed by atoms with Crippen molar-refractivity contribution in [1.82, 2.24) is 14.8 Å². The summed E-state index contributed by atoms with van der Waals surface area (Å²) in [6.07, 6.45) is 9.24. The molecule has 0 aliphatic carbocycles. The van der Waals surface area contributed by atoms with E-state index in [1.54, 1.807) is 19.2 Å². The summed E-state index contributed by atoms with van der Waals surface area (Å²) in [6.45, 7) is 17.3. The van der Waals surface area contributed by atoms with Crippen molar-refractivity contribution in [1.29, 1.82) is 0 Å². The Morgan fingerprint density at radius 3 is 2.57 bits per heavy atom. The molecule has 0 saturated carbocycles. The number of hydrogen-bond donors (Lipinski definition) is 1. The molecule has 47 heavy (non-hydrogen) atoms. The summed E-state index contributed by atoms with van der Waals surface area (Å²) in [5.41, 5.74) is 5.39. The van der Waals surface area contributed by atoms with Gasteiger partial charge in [-0.1, -0.05) is 48.0 Å². The molecule has 1 aliphatic rings. The van der Waals surface area contributed by atoms with Crippen LogP contribution in [0.2, 0.25) is 0 Å². The first-order chi connectivity index (χ1) is 22.7. The molecule has 0 unspecified atom stereocenters. The number of benzene rings is 2. The number of nitrogens with one attached hydrogen (secondary N) is 1. The molecular weight excluding hydrogens is 590 g/mol. The molecular formula is C39H49N3O5. The van der Waals surface area contributed by atoms with E-state index >= 15 is 0 Å². The van der Waals surface area contributed by atoms with Crippen molar-refractivity contribution in [3.05, 3.63) is 113 Å². The van der Waals surface area contributed by atoms with E-state index in [0.29, 0.717) is 6.61 Å². The lowest BCUT2D eigenvalue weighted by molar-refractivity contribution is -0.143. The van der Waals surface area contributed by atoms with Crippen molar-refractivity contribution < 1.29 is 19.1 Å². The molecule has 1 fully saturated rings. The fourth-order valence-electron chi connectivity index (χ4n) is 5.94. The van der Waals surface area contributed by atoms with E-state index in [-0.39, 0.29) is 30.9 Å². The standard InChI is InChI=1S/C39H49N3O5/c1-6-9-10-22-47-35-15-11-14-29(5)38(35)32-24-28(4)23-31(25-32)33(26-37(44)46-8-3)40-39(45)34(13-7-2)42-27-30(16-17-36(42)43)18-21-41-19-12-20-41/h6-7,11,14-17,23-25,27,33-34H,1-2,8-10,12-13,18-22,26H2,3-5H3,(H,40,45)/t33-,34-/m0/s1. The molecule has 0 spiro atoms. The van der Waals surface area contributed by atoms with Gasteiger partial charge < -0.3 is 24.3 Å². The van der Waals surface area contributed by atoms with Gasteiger partial charge in [-0.3, -0.25) is 14.4 Å². The number of pyridine rings is 1. The molecule has 8 nitrogen and oxygen atoms in total. The molecule has 8 heteroatoms. The van der Waals surface area contributed by atoms with Gasteiger partial charge in [0.2, 0.25) is 5.91 Å². The third-order valence-electron chi connectivity index (χ3n) is 8.52. The Balaban J connectivity index is 1.67. The molecule has 2 aromatic carbocycles. The molecule has 2 atom stereocenters. The fraction of sp³-hybridized carbons (Fsp3) is 0.410. The molecule has 0 radical (unpaired) electrons. The second-order valence-corrected chi connectivity index (χ2v) is 12.2. The van der Waals surface area contributed by atoms with Gasteiger partial charge in [0, 0.05) is 24.4 Å². The first kappa shape index (κ1) is 35.4. The number of rotatable bonds is 18. The number of esters is 1. The zero-order valence-corrected chi connectivity index (χ0v) is 28.1. The average molecular weight is 640 g/mol. The summed E-state index contributed by atoms with van der Waals surface area (Å²) < 4.78 is 13.0. The predicted octanol–water partition coefficient (Wildman–Crippen LogP) is 6.65. The summed E-state index contributed by atoms with van der Waals surface area (Å²) >= 11 is 0. The molecule has 1 aromatic heterocycles. The number of likely N-dealkylation sites (tertiary alicyclic amines) is 1. The van der Waals surface area contributed by atoms with E-state index in [2.05, 4.69) is 29.4 Å². The second kappa shape index (κ2) is 17.5. The van der Waals surface area contributed by atoms with Crippen molar-refractivity contribution in [2.75, 3.05) is 32.8 Å². The Bertz CT molecular complexity index is 1610. The van der Waals surface area contributed by atoms with Crippen molar-refractivity contribution in [2.24, 2.45) is 0 Å².